The second kappa shape index (κ2) is 10.7. The van der Waals surface area contributed by atoms with Crippen LogP contribution in [0.5, 0.6) is 5.75 Å². The van der Waals surface area contributed by atoms with E-state index in [1.165, 1.54) is 44.1 Å². The van der Waals surface area contributed by atoms with Gasteiger partial charge >= 0.3 is 0 Å². The third-order valence-electron chi connectivity index (χ3n) is 3.79. The maximum absolute atomic E-state index is 5.82. The second-order valence-corrected chi connectivity index (χ2v) is 5.64. The van der Waals surface area contributed by atoms with Gasteiger partial charge in [-0.3, -0.25) is 0 Å². The molecule has 0 fully saturated rings. The molecule has 2 nitrogen and oxygen atoms in total. The smallest absolute Gasteiger partial charge is 0.119 e. The second-order valence-electron chi connectivity index (χ2n) is 5.64. The molecule has 1 rings (SSSR count). The fourth-order valence-electron chi connectivity index (χ4n) is 2.45. The minimum Gasteiger partial charge on any atom is -0.494 e. The highest BCUT2D eigenvalue weighted by molar-refractivity contribution is 5.27. The third-order valence-corrected chi connectivity index (χ3v) is 3.79. The fraction of sp³-hybridized carbons (Fsp3) is 0.667. The summed E-state index contributed by atoms with van der Waals surface area (Å²) in [5.74, 6) is 0.989. The monoisotopic (exact) mass is 277 g/mol. The maximum Gasteiger partial charge on any atom is 0.119 e. The molecule has 0 aliphatic heterocycles. The van der Waals surface area contributed by atoms with Crippen LogP contribution in [0, 0.1) is 6.92 Å². The Bertz CT molecular complexity index is 351. The Hall–Kier alpha value is -1.02. The third kappa shape index (κ3) is 7.54. The summed E-state index contributed by atoms with van der Waals surface area (Å²) in [7, 11) is 2.06. The van der Waals surface area contributed by atoms with Crippen LogP contribution in [0.3, 0.4) is 0 Å². The fourth-order valence-corrected chi connectivity index (χ4v) is 2.45. The zero-order chi connectivity index (χ0) is 14.6. The van der Waals surface area contributed by atoms with Crippen molar-refractivity contribution in [3.05, 3.63) is 29.8 Å². The molecule has 1 aromatic carbocycles. The summed E-state index contributed by atoms with van der Waals surface area (Å²) in [6.45, 7) is 5.16. The highest BCUT2D eigenvalue weighted by Crippen LogP contribution is 2.14. The average molecular weight is 277 g/mol. The van der Waals surface area contributed by atoms with E-state index in [9.17, 15) is 0 Å². The molecule has 114 valence electrons. The molecule has 1 N–H and O–H groups in total. The Balaban J connectivity index is 2.14. The summed E-state index contributed by atoms with van der Waals surface area (Å²) < 4.78 is 5.82. The Morgan fingerprint density at radius 3 is 2.60 bits per heavy atom. The predicted molar refractivity (Wildman–Crippen MR) is 87.5 cm³/mol. The van der Waals surface area contributed by atoms with Gasteiger partial charge in [-0.2, -0.15) is 0 Å². The van der Waals surface area contributed by atoms with Crippen LogP contribution in [0.2, 0.25) is 0 Å². The van der Waals surface area contributed by atoms with E-state index in [-0.39, 0.29) is 0 Å². The van der Waals surface area contributed by atoms with Gasteiger partial charge in [0.2, 0.25) is 0 Å². The van der Waals surface area contributed by atoms with Gasteiger partial charge in [-0.1, -0.05) is 51.2 Å². The molecule has 20 heavy (non-hydrogen) atoms. The van der Waals surface area contributed by atoms with Crippen molar-refractivity contribution in [2.75, 3.05) is 13.7 Å². The van der Waals surface area contributed by atoms with Crippen LogP contribution in [0.15, 0.2) is 24.3 Å². The van der Waals surface area contributed by atoms with E-state index in [1.807, 2.05) is 12.1 Å². The van der Waals surface area contributed by atoms with Gasteiger partial charge in [0.15, 0.2) is 0 Å². The van der Waals surface area contributed by atoms with E-state index >= 15 is 0 Å². The summed E-state index contributed by atoms with van der Waals surface area (Å²) in [5.41, 5.74) is 1.25. The molecule has 0 saturated carbocycles. The molecule has 1 atom stereocenters. The molecule has 0 heterocycles. The molecule has 1 aromatic rings. The van der Waals surface area contributed by atoms with Crippen LogP contribution in [0.25, 0.3) is 0 Å². The van der Waals surface area contributed by atoms with Crippen molar-refractivity contribution in [1.29, 1.82) is 0 Å². The summed E-state index contributed by atoms with van der Waals surface area (Å²) in [5, 5.41) is 3.41. The summed E-state index contributed by atoms with van der Waals surface area (Å²) >= 11 is 0. The van der Waals surface area contributed by atoms with Crippen LogP contribution in [-0.4, -0.2) is 19.7 Å². The van der Waals surface area contributed by atoms with E-state index < -0.39 is 0 Å². The molecular formula is C18H31NO. The van der Waals surface area contributed by atoms with Crippen LogP contribution >= 0.6 is 0 Å². The van der Waals surface area contributed by atoms with Crippen LogP contribution in [-0.2, 0) is 0 Å². The molecule has 2 heteroatoms. The first-order valence-electron chi connectivity index (χ1n) is 8.13. The first-order valence-corrected chi connectivity index (χ1v) is 8.13. The normalized spacial score (nSPS) is 12.3. The van der Waals surface area contributed by atoms with Crippen molar-refractivity contribution in [3.63, 3.8) is 0 Å². The Kier molecular flexibility index (Phi) is 9.14. The molecule has 0 bridgehead atoms. The van der Waals surface area contributed by atoms with Crippen molar-refractivity contribution < 1.29 is 4.74 Å². The molecule has 0 aliphatic carbocycles. The summed E-state index contributed by atoms with van der Waals surface area (Å²) in [4.78, 5) is 0. The van der Waals surface area contributed by atoms with Gasteiger partial charge in [-0.15, -0.1) is 0 Å². The first-order chi connectivity index (χ1) is 9.76. The van der Waals surface area contributed by atoms with E-state index in [0.29, 0.717) is 6.04 Å². The molecule has 0 spiro atoms. The van der Waals surface area contributed by atoms with Crippen molar-refractivity contribution in [2.45, 2.75) is 64.8 Å². The minimum absolute atomic E-state index is 0.585. The van der Waals surface area contributed by atoms with Gasteiger partial charge < -0.3 is 10.1 Å². The molecule has 0 amide bonds. The zero-order valence-corrected chi connectivity index (χ0v) is 13.5. The molecule has 0 saturated heterocycles. The number of nitrogens with one attached hydrogen (secondary N) is 1. The van der Waals surface area contributed by atoms with Crippen molar-refractivity contribution in [2.24, 2.45) is 0 Å². The van der Waals surface area contributed by atoms with Gasteiger partial charge in [-0.05, 0) is 44.5 Å². The van der Waals surface area contributed by atoms with Gasteiger partial charge in [0.05, 0.1) is 6.61 Å². The van der Waals surface area contributed by atoms with Crippen LogP contribution < -0.4 is 10.1 Å². The summed E-state index contributed by atoms with van der Waals surface area (Å²) in [6.07, 6.45) is 9.11. The van der Waals surface area contributed by atoms with Crippen molar-refractivity contribution >= 4 is 0 Å². The topological polar surface area (TPSA) is 21.3 Å². The molecule has 0 radical (unpaired) electrons. The largest absolute Gasteiger partial charge is 0.494 e. The zero-order valence-electron chi connectivity index (χ0n) is 13.5. The van der Waals surface area contributed by atoms with Gasteiger partial charge in [0.25, 0.3) is 0 Å². The highest BCUT2D eigenvalue weighted by atomic mass is 16.5. The number of ether oxygens (including phenoxy) is 1. The lowest BCUT2D eigenvalue weighted by atomic mass is 10.0. The lowest BCUT2D eigenvalue weighted by Crippen LogP contribution is -2.27. The first kappa shape index (κ1) is 17.0. The van der Waals surface area contributed by atoms with Gasteiger partial charge in [-0.25, -0.2) is 0 Å². The number of hydrogen-bond acceptors (Lipinski definition) is 2. The van der Waals surface area contributed by atoms with Gasteiger partial charge in [0, 0.05) is 6.04 Å². The average Bonchev–Trinajstić information content (AvgIpc) is 2.45. The Morgan fingerprint density at radius 2 is 1.90 bits per heavy atom. The Labute approximate surface area is 124 Å². The van der Waals surface area contributed by atoms with E-state index in [0.717, 1.165) is 18.8 Å². The van der Waals surface area contributed by atoms with Crippen molar-refractivity contribution in [1.82, 2.24) is 5.32 Å². The predicted octanol–water partition coefficient (Wildman–Crippen LogP) is 4.71. The quantitative estimate of drug-likeness (QED) is 0.591. The lowest BCUT2D eigenvalue weighted by molar-refractivity contribution is 0.282. The van der Waals surface area contributed by atoms with Crippen LogP contribution in [0.1, 0.15) is 57.4 Å². The standard InChI is InChI=1S/C18H31NO/c1-4-5-6-7-8-11-17(19-3)13-14-20-18-12-9-10-16(2)15-18/h9-10,12,15,17,19H,4-8,11,13-14H2,1-3H3. The minimum atomic E-state index is 0.585. The molecular weight excluding hydrogens is 246 g/mol. The number of rotatable bonds is 11. The van der Waals surface area contributed by atoms with E-state index in [2.05, 4.69) is 38.3 Å². The van der Waals surface area contributed by atoms with E-state index in [4.69, 9.17) is 4.74 Å². The number of aryl methyl sites for hydroxylation is 1. The molecule has 0 aliphatic rings. The van der Waals surface area contributed by atoms with E-state index in [1.54, 1.807) is 0 Å². The van der Waals surface area contributed by atoms with Crippen LogP contribution in [0.4, 0.5) is 0 Å². The molecule has 0 aromatic heterocycles. The number of hydrogen-bond donors (Lipinski definition) is 1. The van der Waals surface area contributed by atoms with Crippen molar-refractivity contribution in [3.8, 4) is 5.75 Å². The molecule has 1 unspecified atom stereocenters. The summed E-state index contributed by atoms with van der Waals surface area (Å²) in [6, 6.07) is 8.86. The SMILES string of the molecule is CCCCCCCC(CCOc1cccc(C)c1)NC. The maximum atomic E-state index is 5.82. The van der Waals surface area contributed by atoms with Gasteiger partial charge in [0.1, 0.15) is 5.75 Å². The Morgan fingerprint density at radius 1 is 1.10 bits per heavy atom. The number of benzene rings is 1. The lowest BCUT2D eigenvalue weighted by Gasteiger charge is -2.16. The number of unbranched alkanes of at least 4 members (excludes halogenated alkanes) is 4. The highest BCUT2D eigenvalue weighted by Gasteiger charge is 2.06.